The molecule has 0 spiro atoms. The molecule has 0 amide bonds. The average Bonchev–Trinajstić information content (AvgIpc) is 2.34. The van der Waals surface area contributed by atoms with E-state index >= 15 is 0 Å². The third-order valence-corrected chi connectivity index (χ3v) is 2.59. The minimum atomic E-state index is 0. The Kier molecular flexibility index (Phi) is 9.39. The second kappa shape index (κ2) is 9.89. The molecule has 1 N–H and O–H groups in total. The summed E-state index contributed by atoms with van der Waals surface area (Å²) in [5, 5.41) is 3.33. The van der Waals surface area contributed by atoms with Crippen molar-refractivity contribution in [3.05, 3.63) is 23.8 Å². The van der Waals surface area contributed by atoms with E-state index in [9.17, 15) is 0 Å². The monoisotopic (exact) mass is 288 g/mol. The molecule has 1 aromatic carbocycles. The molecule has 1 aromatic rings. The van der Waals surface area contributed by atoms with E-state index in [-0.39, 0.29) is 12.4 Å². The number of likely N-dealkylation sites (N-methyl/N-ethyl adjacent to an activating group) is 1. The molecule has 0 atom stereocenters. The SMILES string of the molecule is COc1cc(C)ccc1OCCNCCN(C)C.Cl. The smallest absolute Gasteiger partial charge is 0.161 e. The summed E-state index contributed by atoms with van der Waals surface area (Å²) in [6, 6.07) is 5.96. The van der Waals surface area contributed by atoms with Crippen molar-refractivity contribution in [2.75, 3.05) is 47.4 Å². The number of ether oxygens (including phenoxy) is 2. The lowest BCUT2D eigenvalue weighted by Gasteiger charge is -2.13. The number of nitrogens with zero attached hydrogens (tertiary/aromatic N) is 1. The van der Waals surface area contributed by atoms with Gasteiger partial charge in [0.25, 0.3) is 0 Å². The highest BCUT2D eigenvalue weighted by Gasteiger charge is 2.03. The first-order chi connectivity index (χ1) is 8.63. The van der Waals surface area contributed by atoms with Crippen molar-refractivity contribution in [2.45, 2.75) is 6.92 Å². The van der Waals surface area contributed by atoms with Gasteiger partial charge < -0.3 is 19.7 Å². The van der Waals surface area contributed by atoms with Gasteiger partial charge in [0.05, 0.1) is 7.11 Å². The van der Waals surface area contributed by atoms with Crippen LogP contribution in [0.3, 0.4) is 0 Å². The molecule has 0 aromatic heterocycles. The first kappa shape index (κ1) is 18.0. The van der Waals surface area contributed by atoms with Crippen LogP contribution >= 0.6 is 12.4 Å². The fraction of sp³-hybridized carbons (Fsp3) is 0.571. The zero-order valence-electron chi connectivity index (χ0n) is 12.2. The van der Waals surface area contributed by atoms with Crippen LogP contribution in [0.5, 0.6) is 11.5 Å². The van der Waals surface area contributed by atoms with Crippen molar-refractivity contribution in [1.29, 1.82) is 0 Å². The molecule has 0 saturated carbocycles. The first-order valence-electron chi connectivity index (χ1n) is 6.26. The molecule has 0 bridgehead atoms. The average molecular weight is 289 g/mol. The van der Waals surface area contributed by atoms with Gasteiger partial charge >= 0.3 is 0 Å². The van der Waals surface area contributed by atoms with Crippen LogP contribution in [0.1, 0.15) is 5.56 Å². The summed E-state index contributed by atoms with van der Waals surface area (Å²) < 4.78 is 11.0. The van der Waals surface area contributed by atoms with Crippen LogP contribution < -0.4 is 14.8 Å². The van der Waals surface area contributed by atoms with Gasteiger partial charge in [-0.15, -0.1) is 12.4 Å². The van der Waals surface area contributed by atoms with Gasteiger partial charge in [0, 0.05) is 19.6 Å². The second-order valence-electron chi connectivity index (χ2n) is 4.56. The lowest BCUT2D eigenvalue weighted by atomic mass is 10.2. The summed E-state index contributed by atoms with van der Waals surface area (Å²) in [4.78, 5) is 2.15. The molecule has 0 radical (unpaired) electrons. The van der Waals surface area contributed by atoms with E-state index in [1.165, 1.54) is 5.56 Å². The molecule has 0 aliphatic rings. The number of hydrogen-bond acceptors (Lipinski definition) is 4. The highest BCUT2D eigenvalue weighted by Crippen LogP contribution is 2.27. The number of methoxy groups -OCH3 is 1. The van der Waals surface area contributed by atoms with Crippen LogP contribution in [0.25, 0.3) is 0 Å². The van der Waals surface area contributed by atoms with Crippen molar-refractivity contribution < 1.29 is 9.47 Å². The van der Waals surface area contributed by atoms with Crippen LogP contribution in [-0.4, -0.2) is 52.3 Å². The van der Waals surface area contributed by atoms with E-state index in [1.54, 1.807) is 7.11 Å². The maximum atomic E-state index is 5.69. The Morgan fingerprint density at radius 3 is 2.53 bits per heavy atom. The second-order valence-corrected chi connectivity index (χ2v) is 4.56. The van der Waals surface area contributed by atoms with Crippen LogP contribution in [0.15, 0.2) is 18.2 Å². The Bertz CT molecular complexity index is 359. The van der Waals surface area contributed by atoms with Gasteiger partial charge in [0.15, 0.2) is 11.5 Å². The molecule has 0 saturated heterocycles. The number of halogens is 1. The molecule has 0 heterocycles. The molecule has 5 heteroatoms. The van der Waals surface area contributed by atoms with E-state index in [1.807, 2.05) is 25.1 Å². The number of aryl methyl sites for hydroxylation is 1. The predicted molar refractivity (Wildman–Crippen MR) is 81.9 cm³/mol. The topological polar surface area (TPSA) is 33.7 Å². The van der Waals surface area contributed by atoms with Crippen molar-refractivity contribution in [2.24, 2.45) is 0 Å². The largest absolute Gasteiger partial charge is 0.493 e. The number of rotatable bonds is 8. The molecular formula is C14H25ClN2O2. The Balaban J connectivity index is 0.00000324. The minimum Gasteiger partial charge on any atom is -0.493 e. The van der Waals surface area contributed by atoms with E-state index in [0.29, 0.717) is 6.61 Å². The lowest BCUT2D eigenvalue weighted by Crippen LogP contribution is -2.29. The van der Waals surface area contributed by atoms with E-state index in [0.717, 1.165) is 31.1 Å². The molecular weight excluding hydrogens is 264 g/mol. The van der Waals surface area contributed by atoms with Crippen LogP contribution in [-0.2, 0) is 0 Å². The van der Waals surface area contributed by atoms with Gasteiger partial charge in [-0.2, -0.15) is 0 Å². The highest BCUT2D eigenvalue weighted by molar-refractivity contribution is 5.85. The lowest BCUT2D eigenvalue weighted by molar-refractivity contribution is 0.289. The molecule has 19 heavy (non-hydrogen) atoms. The molecule has 0 aliphatic carbocycles. The third kappa shape index (κ3) is 7.25. The summed E-state index contributed by atoms with van der Waals surface area (Å²) >= 11 is 0. The number of benzene rings is 1. The molecule has 1 rings (SSSR count). The molecule has 110 valence electrons. The van der Waals surface area contributed by atoms with Crippen LogP contribution in [0, 0.1) is 6.92 Å². The van der Waals surface area contributed by atoms with E-state index in [2.05, 4.69) is 24.3 Å². The zero-order valence-corrected chi connectivity index (χ0v) is 13.0. The highest BCUT2D eigenvalue weighted by atomic mass is 35.5. The van der Waals surface area contributed by atoms with Gasteiger partial charge in [-0.05, 0) is 38.7 Å². The normalized spacial score (nSPS) is 10.2. The third-order valence-electron chi connectivity index (χ3n) is 2.59. The standard InChI is InChI=1S/C14H24N2O2.ClH/c1-12-5-6-13(14(11-12)17-4)18-10-8-15-7-9-16(2)3;/h5-6,11,15H,7-10H2,1-4H3;1H. The summed E-state index contributed by atoms with van der Waals surface area (Å²) in [7, 11) is 5.79. The summed E-state index contributed by atoms with van der Waals surface area (Å²) in [5.41, 5.74) is 1.17. The number of nitrogens with one attached hydrogen (secondary N) is 1. The fourth-order valence-corrected chi connectivity index (χ4v) is 1.55. The predicted octanol–water partition coefficient (Wildman–Crippen LogP) is 1.96. The Morgan fingerprint density at radius 2 is 1.89 bits per heavy atom. The molecule has 4 nitrogen and oxygen atoms in total. The van der Waals surface area contributed by atoms with Gasteiger partial charge in [0.1, 0.15) is 6.61 Å². The van der Waals surface area contributed by atoms with E-state index in [4.69, 9.17) is 9.47 Å². The van der Waals surface area contributed by atoms with Crippen molar-refractivity contribution in [1.82, 2.24) is 10.2 Å². The van der Waals surface area contributed by atoms with Crippen molar-refractivity contribution >= 4 is 12.4 Å². The van der Waals surface area contributed by atoms with Gasteiger partial charge in [0.2, 0.25) is 0 Å². The minimum absolute atomic E-state index is 0. The van der Waals surface area contributed by atoms with Gasteiger partial charge in [-0.3, -0.25) is 0 Å². The van der Waals surface area contributed by atoms with Crippen molar-refractivity contribution in [3.63, 3.8) is 0 Å². The molecule has 0 aliphatic heterocycles. The quantitative estimate of drug-likeness (QED) is 0.742. The Hall–Kier alpha value is -0.970. The van der Waals surface area contributed by atoms with E-state index < -0.39 is 0 Å². The maximum Gasteiger partial charge on any atom is 0.161 e. The zero-order chi connectivity index (χ0) is 13.4. The van der Waals surface area contributed by atoms with Crippen molar-refractivity contribution in [3.8, 4) is 11.5 Å². The van der Waals surface area contributed by atoms with Gasteiger partial charge in [-0.25, -0.2) is 0 Å². The maximum absolute atomic E-state index is 5.69. The van der Waals surface area contributed by atoms with Crippen LogP contribution in [0.4, 0.5) is 0 Å². The molecule has 0 fully saturated rings. The summed E-state index contributed by atoms with van der Waals surface area (Å²) in [6.45, 7) is 5.53. The summed E-state index contributed by atoms with van der Waals surface area (Å²) in [6.07, 6.45) is 0. The Labute approximate surface area is 122 Å². The number of hydrogen-bond donors (Lipinski definition) is 1. The molecule has 0 unspecified atom stereocenters. The Morgan fingerprint density at radius 1 is 1.16 bits per heavy atom. The van der Waals surface area contributed by atoms with Gasteiger partial charge in [-0.1, -0.05) is 6.07 Å². The fourth-order valence-electron chi connectivity index (χ4n) is 1.55. The first-order valence-corrected chi connectivity index (χ1v) is 6.26. The summed E-state index contributed by atoms with van der Waals surface area (Å²) in [5.74, 6) is 1.60. The van der Waals surface area contributed by atoms with Crippen LogP contribution in [0.2, 0.25) is 0 Å².